The van der Waals surface area contributed by atoms with Crippen molar-refractivity contribution in [1.29, 1.82) is 0 Å². The molecule has 0 radical (unpaired) electrons. The van der Waals surface area contributed by atoms with E-state index in [1.54, 1.807) is 12.1 Å². The standard InChI is InChI=1S/C15H17Cl2NO3/c1-2-6-15(14(20)21)7-3-8-18(15)13(19)10-4-5-11(16)12(17)9-10/h4-5,9H,2-3,6-8H2,1H3,(H,20,21). The van der Waals surface area contributed by atoms with Gasteiger partial charge in [0.2, 0.25) is 0 Å². The summed E-state index contributed by atoms with van der Waals surface area (Å²) >= 11 is 11.8. The average molecular weight is 330 g/mol. The molecule has 0 aromatic heterocycles. The number of benzene rings is 1. The summed E-state index contributed by atoms with van der Waals surface area (Å²) in [7, 11) is 0. The highest BCUT2D eigenvalue weighted by atomic mass is 35.5. The lowest BCUT2D eigenvalue weighted by Gasteiger charge is -2.34. The van der Waals surface area contributed by atoms with Gasteiger partial charge in [-0.15, -0.1) is 0 Å². The Morgan fingerprint density at radius 3 is 2.62 bits per heavy atom. The van der Waals surface area contributed by atoms with E-state index in [1.807, 2.05) is 6.92 Å². The van der Waals surface area contributed by atoms with Crippen LogP contribution in [0.5, 0.6) is 0 Å². The van der Waals surface area contributed by atoms with Crippen LogP contribution in [0.1, 0.15) is 43.0 Å². The second-order valence-electron chi connectivity index (χ2n) is 5.28. The van der Waals surface area contributed by atoms with E-state index in [4.69, 9.17) is 23.2 Å². The number of carbonyl (C=O) groups is 2. The predicted octanol–water partition coefficient (Wildman–Crippen LogP) is 3.85. The summed E-state index contributed by atoms with van der Waals surface area (Å²) in [6.45, 7) is 2.37. The molecule has 1 atom stereocenters. The van der Waals surface area contributed by atoms with Gasteiger partial charge in [0, 0.05) is 12.1 Å². The van der Waals surface area contributed by atoms with Gasteiger partial charge in [-0.25, -0.2) is 4.79 Å². The molecule has 1 aromatic carbocycles. The molecule has 1 aromatic rings. The highest BCUT2D eigenvalue weighted by molar-refractivity contribution is 6.42. The molecule has 0 saturated carbocycles. The van der Waals surface area contributed by atoms with E-state index in [0.29, 0.717) is 42.8 Å². The summed E-state index contributed by atoms with van der Waals surface area (Å²) in [5, 5.41) is 10.3. The lowest BCUT2D eigenvalue weighted by molar-refractivity contribution is -0.148. The fourth-order valence-corrected chi connectivity index (χ4v) is 3.26. The number of carbonyl (C=O) groups excluding carboxylic acids is 1. The lowest BCUT2D eigenvalue weighted by Crippen LogP contribution is -2.53. The van der Waals surface area contributed by atoms with Crippen LogP contribution >= 0.6 is 23.2 Å². The third-order valence-electron chi connectivity index (χ3n) is 3.96. The number of likely N-dealkylation sites (tertiary alicyclic amines) is 1. The topological polar surface area (TPSA) is 57.6 Å². The van der Waals surface area contributed by atoms with Crippen LogP contribution in [-0.4, -0.2) is 34.0 Å². The van der Waals surface area contributed by atoms with E-state index >= 15 is 0 Å². The molecule has 114 valence electrons. The molecule has 1 saturated heterocycles. The first-order valence-corrected chi connectivity index (χ1v) is 7.68. The van der Waals surface area contributed by atoms with Gasteiger partial charge in [0.25, 0.3) is 5.91 Å². The van der Waals surface area contributed by atoms with Gasteiger partial charge < -0.3 is 10.0 Å². The van der Waals surface area contributed by atoms with Gasteiger partial charge in [-0.05, 0) is 37.5 Å². The number of carboxylic acids is 1. The monoisotopic (exact) mass is 329 g/mol. The second kappa shape index (κ2) is 6.24. The van der Waals surface area contributed by atoms with Crippen LogP contribution in [0.25, 0.3) is 0 Å². The molecule has 4 nitrogen and oxygen atoms in total. The molecule has 6 heteroatoms. The quantitative estimate of drug-likeness (QED) is 0.912. The third-order valence-corrected chi connectivity index (χ3v) is 4.70. The molecule has 1 heterocycles. The molecule has 21 heavy (non-hydrogen) atoms. The predicted molar refractivity (Wildman–Crippen MR) is 82.0 cm³/mol. The Morgan fingerprint density at radius 1 is 1.33 bits per heavy atom. The van der Waals surface area contributed by atoms with E-state index in [-0.39, 0.29) is 10.9 Å². The highest BCUT2D eigenvalue weighted by Gasteiger charge is 2.49. The van der Waals surface area contributed by atoms with Crippen molar-refractivity contribution < 1.29 is 14.7 Å². The Kier molecular flexibility index (Phi) is 4.79. The molecule has 1 fully saturated rings. The minimum atomic E-state index is -1.10. The number of aliphatic carboxylic acids is 1. The van der Waals surface area contributed by atoms with E-state index in [1.165, 1.54) is 11.0 Å². The van der Waals surface area contributed by atoms with Crippen LogP contribution in [0.2, 0.25) is 10.0 Å². The first-order valence-electron chi connectivity index (χ1n) is 6.93. The Hall–Kier alpha value is -1.26. The SMILES string of the molecule is CCCC1(C(=O)O)CCCN1C(=O)c1ccc(Cl)c(Cl)c1. The number of nitrogens with zero attached hydrogens (tertiary/aromatic N) is 1. The van der Waals surface area contributed by atoms with Crippen molar-refractivity contribution >= 4 is 35.1 Å². The molecule has 1 amide bonds. The number of hydrogen-bond donors (Lipinski definition) is 1. The minimum Gasteiger partial charge on any atom is -0.479 e. The summed E-state index contributed by atoms with van der Waals surface area (Å²) < 4.78 is 0. The zero-order chi connectivity index (χ0) is 15.6. The third kappa shape index (κ3) is 2.87. The van der Waals surface area contributed by atoms with E-state index in [0.717, 1.165) is 0 Å². The molecule has 0 spiro atoms. The van der Waals surface area contributed by atoms with Crippen molar-refractivity contribution in [3.05, 3.63) is 33.8 Å². The molecule has 1 unspecified atom stereocenters. The minimum absolute atomic E-state index is 0.290. The van der Waals surface area contributed by atoms with Crippen molar-refractivity contribution in [1.82, 2.24) is 4.90 Å². The number of rotatable bonds is 4. The fourth-order valence-electron chi connectivity index (χ4n) is 2.96. The summed E-state index contributed by atoms with van der Waals surface area (Å²) in [5.41, 5.74) is -0.731. The van der Waals surface area contributed by atoms with Crippen LogP contribution in [0, 0.1) is 0 Å². The Balaban J connectivity index is 2.36. The van der Waals surface area contributed by atoms with Crippen molar-refractivity contribution in [2.24, 2.45) is 0 Å². The zero-order valence-corrected chi connectivity index (χ0v) is 13.2. The van der Waals surface area contributed by atoms with Gasteiger partial charge >= 0.3 is 5.97 Å². The molecule has 2 rings (SSSR count). The van der Waals surface area contributed by atoms with E-state index in [2.05, 4.69) is 0 Å². The smallest absolute Gasteiger partial charge is 0.329 e. The molecular weight excluding hydrogens is 313 g/mol. The van der Waals surface area contributed by atoms with Gasteiger partial charge in [0.1, 0.15) is 5.54 Å². The first kappa shape index (κ1) is 16.1. The maximum atomic E-state index is 12.7. The van der Waals surface area contributed by atoms with Gasteiger partial charge in [-0.2, -0.15) is 0 Å². The normalized spacial score (nSPS) is 21.6. The van der Waals surface area contributed by atoms with Crippen molar-refractivity contribution in [2.75, 3.05) is 6.54 Å². The number of hydrogen-bond acceptors (Lipinski definition) is 2. The van der Waals surface area contributed by atoms with Crippen LogP contribution in [-0.2, 0) is 4.79 Å². The van der Waals surface area contributed by atoms with E-state index in [9.17, 15) is 14.7 Å². The molecule has 0 bridgehead atoms. The summed E-state index contributed by atoms with van der Waals surface area (Å²) in [6.07, 6.45) is 2.34. The maximum absolute atomic E-state index is 12.7. The fraction of sp³-hybridized carbons (Fsp3) is 0.467. The van der Waals surface area contributed by atoms with Crippen molar-refractivity contribution in [3.8, 4) is 0 Å². The van der Waals surface area contributed by atoms with Gasteiger partial charge in [0.05, 0.1) is 10.0 Å². The largest absolute Gasteiger partial charge is 0.479 e. The summed E-state index contributed by atoms with van der Waals surface area (Å²) in [6, 6.07) is 4.62. The van der Waals surface area contributed by atoms with Gasteiger partial charge in [-0.3, -0.25) is 4.79 Å². The lowest BCUT2D eigenvalue weighted by atomic mass is 9.90. The Morgan fingerprint density at radius 2 is 2.05 bits per heavy atom. The zero-order valence-electron chi connectivity index (χ0n) is 11.7. The summed E-state index contributed by atoms with van der Waals surface area (Å²) in [4.78, 5) is 25.9. The second-order valence-corrected chi connectivity index (χ2v) is 6.09. The highest BCUT2D eigenvalue weighted by Crippen LogP contribution is 2.35. The molecular formula is C15H17Cl2NO3. The van der Waals surface area contributed by atoms with Crippen molar-refractivity contribution in [3.63, 3.8) is 0 Å². The first-order chi connectivity index (χ1) is 9.92. The number of carboxylic acid groups (broad SMARTS) is 1. The molecule has 1 aliphatic heterocycles. The van der Waals surface area contributed by atoms with Gasteiger partial charge in [0.15, 0.2) is 0 Å². The molecule has 1 aliphatic rings. The maximum Gasteiger partial charge on any atom is 0.329 e. The van der Waals surface area contributed by atoms with Crippen LogP contribution in [0.4, 0.5) is 0 Å². The molecule has 0 aliphatic carbocycles. The average Bonchev–Trinajstić information content (AvgIpc) is 2.86. The summed E-state index contributed by atoms with van der Waals surface area (Å²) in [5.74, 6) is -1.24. The Labute approximate surface area is 133 Å². The molecule has 1 N–H and O–H groups in total. The number of halogens is 2. The van der Waals surface area contributed by atoms with Crippen LogP contribution in [0.3, 0.4) is 0 Å². The Bertz CT molecular complexity index is 576. The van der Waals surface area contributed by atoms with E-state index < -0.39 is 11.5 Å². The van der Waals surface area contributed by atoms with Gasteiger partial charge in [-0.1, -0.05) is 36.5 Å². The van der Waals surface area contributed by atoms with Crippen molar-refractivity contribution in [2.45, 2.75) is 38.1 Å². The van der Waals surface area contributed by atoms with Crippen LogP contribution < -0.4 is 0 Å². The number of amides is 1. The van der Waals surface area contributed by atoms with Crippen LogP contribution in [0.15, 0.2) is 18.2 Å².